The van der Waals surface area contributed by atoms with E-state index in [1.165, 1.54) is 0 Å². The van der Waals surface area contributed by atoms with Crippen LogP contribution in [0.2, 0.25) is 0 Å². The molecule has 9 nitrogen and oxygen atoms in total. The minimum absolute atomic E-state index is 0.135. The van der Waals surface area contributed by atoms with Crippen molar-refractivity contribution in [1.29, 1.82) is 0 Å². The van der Waals surface area contributed by atoms with Crippen molar-refractivity contribution >= 4 is 27.7 Å². The summed E-state index contributed by atoms with van der Waals surface area (Å²) in [5.41, 5.74) is 10.3. The van der Waals surface area contributed by atoms with Crippen molar-refractivity contribution in [3.05, 3.63) is 16.6 Å². The Hall–Kier alpha value is -1.27. The number of aliphatic imine (C=N–C) groups is 1. The van der Waals surface area contributed by atoms with Crippen molar-refractivity contribution in [2.24, 2.45) is 16.5 Å². The maximum absolute atomic E-state index is 8.74. The van der Waals surface area contributed by atoms with Crippen LogP contribution in [0.4, 0.5) is 0 Å². The monoisotopic (exact) mass is 297 g/mol. The zero-order chi connectivity index (χ0) is 14.0. The third-order valence-corrected chi connectivity index (χ3v) is 2.12. The number of hydrogen-bond donors (Lipinski definition) is 5. The summed E-state index contributed by atoms with van der Waals surface area (Å²) >= 11 is 1.63. The van der Waals surface area contributed by atoms with E-state index in [0.717, 1.165) is 18.1 Å². The second kappa shape index (κ2) is 8.77. The molecule has 0 atom stereocenters. The Balaban J connectivity index is 0.000000494. The van der Waals surface area contributed by atoms with E-state index in [1.807, 2.05) is 5.38 Å². The number of aromatic nitrogens is 1. The van der Waals surface area contributed by atoms with Crippen LogP contribution in [0, 0.1) is 0 Å². The topological polar surface area (TPSA) is 164 Å². The summed E-state index contributed by atoms with van der Waals surface area (Å²) in [6, 6.07) is 0. The quantitative estimate of drug-likeness (QED) is 0.197. The molecule has 0 amide bonds. The van der Waals surface area contributed by atoms with Gasteiger partial charge in [-0.25, -0.2) is 4.98 Å². The summed E-state index contributed by atoms with van der Waals surface area (Å²) < 4.78 is 31.6. The van der Waals surface area contributed by atoms with Crippen LogP contribution in [0.3, 0.4) is 0 Å². The lowest BCUT2D eigenvalue weighted by atomic mass is 10.6. The Morgan fingerprint density at radius 3 is 2.56 bits per heavy atom. The Morgan fingerprint density at radius 1 is 1.50 bits per heavy atom. The number of nitrogens with two attached hydrogens (primary N) is 2. The summed E-state index contributed by atoms with van der Waals surface area (Å²) in [5, 5.41) is 6.20. The minimum Gasteiger partial charge on any atom is -0.370 e. The molecule has 11 heteroatoms. The van der Waals surface area contributed by atoms with Crippen LogP contribution in [0.25, 0.3) is 0 Å². The van der Waals surface area contributed by atoms with Crippen molar-refractivity contribution < 1.29 is 17.5 Å². The highest BCUT2D eigenvalue weighted by Gasteiger charge is 1.92. The van der Waals surface area contributed by atoms with Crippen LogP contribution in [0.15, 0.2) is 16.6 Å². The highest BCUT2D eigenvalue weighted by atomic mass is 32.3. The molecule has 0 spiro atoms. The van der Waals surface area contributed by atoms with Gasteiger partial charge in [0, 0.05) is 24.7 Å². The van der Waals surface area contributed by atoms with E-state index < -0.39 is 10.4 Å². The molecule has 0 aromatic carbocycles. The number of guanidine groups is 1. The largest absolute Gasteiger partial charge is 0.394 e. The zero-order valence-corrected chi connectivity index (χ0v) is 11.0. The second-order valence-electron chi connectivity index (χ2n) is 2.86. The molecular weight excluding hydrogens is 282 g/mol. The van der Waals surface area contributed by atoms with Crippen molar-refractivity contribution in [2.75, 3.05) is 13.1 Å². The van der Waals surface area contributed by atoms with Gasteiger partial charge < -0.3 is 16.8 Å². The van der Waals surface area contributed by atoms with E-state index in [2.05, 4.69) is 15.3 Å². The van der Waals surface area contributed by atoms with Crippen LogP contribution >= 0.6 is 11.3 Å². The smallest absolute Gasteiger partial charge is 0.370 e. The number of hydrogen-bond acceptors (Lipinski definition) is 6. The number of nitrogens with one attached hydrogen (secondary N) is 1. The summed E-state index contributed by atoms with van der Waals surface area (Å²) in [6.07, 6.45) is 1.79. The van der Waals surface area contributed by atoms with Crippen molar-refractivity contribution in [3.8, 4) is 0 Å². The molecule has 18 heavy (non-hydrogen) atoms. The van der Waals surface area contributed by atoms with E-state index in [1.54, 1.807) is 17.5 Å². The predicted molar refractivity (Wildman–Crippen MR) is 68.7 cm³/mol. The van der Waals surface area contributed by atoms with Crippen molar-refractivity contribution in [1.82, 2.24) is 10.3 Å². The molecule has 0 aliphatic carbocycles. The Bertz CT molecular complexity index is 432. The van der Waals surface area contributed by atoms with Gasteiger partial charge in [-0.2, -0.15) is 8.42 Å². The van der Waals surface area contributed by atoms with Gasteiger partial charge in [0.15, 0.2) is 5.96 Å². The van der Waals surface area contributed by atoms with Crippen LogP contribution in [0.5, 0.6) is 0 Å². The van der Waals surface area contributed by atoms with Crippen LogP contribution in [-0.2, 0) is 16.9 Å². The fraction of sp³-hybridized carbons (Fsp3) is 0.429. The molecule has 0 aliphatic rings. The van der Waals surface area contributed by atoms with Gasteiger partial charge in [-0.3, -0.25) is 14.1 Å². The van der Waals surface area contributed by atoms with Gasteiger partial charge in [-0.1, -0.05) is 0 Å². The average Bonchev–Trinajstić information content (AvgIpc) is 2.66. The molecule has 1 heterocycles. The van der Waals surface area contributed by atoms with Gasteiger partial charge in [0.25, 0.3) is 0 Å². The summed E-state index contributed by atoms with van der Waals surface area (Å²) in [5.74, 6) is 0.135. The molecule has 0 saturated carbocycles. The first-order chi connectivity index (χ1) is 8.29. The fourth-order valence-corrected chi connectivity index (χ4v) is 1.39. The lowest BCUT2D eigenvalue weighted by Crippen LogP contribution is -2.25. The maximum Gasteiger partial charge on any atom is 0.394 e. The summed E-state index contributed by atoms with van der Waals surface area (Å²) in [4.78, 5) is 7.96. The van der Waals surface area contributed by atoms with Gasteiger partial charge in [0.2, 0.25) is 0 Å². The maximum atomic E-state index is 8.74. The second-order valence-corrected chi connectivity index (χ2v) is 4.73. The Morgan fingerprint density at radius 2 is 2.11 bits per heavy atom. The third-order valence-electron chi connectivity index (χ3n) is 1.34. The van der Waals surface area contributed by atoms with E-state index in [9.17, 15) is 0 Å². The molecule has 0 unspecified atom stereocenters. The molecule has 0 fully saturated rings. The van der Waals surface area contributed by atoms with E-state index in [-0.39, 0.29) is 5.96 Å². The first-order valence-corrected chi connectivity index (χ1v) is 6.91. The normalized spacial score (nSPS) is 10.3. The van der Waals surface area contributed by atoms with Crippen LogP contribution in [-0.4, -0.2) is 41.6 Å². The molecule has 104 valence electrons. The lowest BCUT2D eigenvalue weighted by Gasteiger charge is -1.98. The molecule has 0 aliphatic heterocycles. The van der Waals surface area contributed by atoms with E-state index >= 15 is 0 Å². The molecule has 1 aromatic rings. The summed E-state index contributed by atoms with van der Waals surface area (Å²) in [7, 11) is -4.67. The van der Waals surface area contributed by atoms with Gasteiger partial charge >= 0.3 is 10.4 Å². The van der Waals surface area contributed by atoms with E-state index in [0.29, 0.717) is 6.54 Å². The molecule has 1 rings (SSSR count). The third kappa shape index (κ3) is 14.7. The average molecular weight is 297 g/mol. The SMILES string of the molecule is NC(N)=NCCNCc1nccs1.O=S(=O)(O)O. The first kappa shape index (κ1) is 16.7. The lowest BCUT2D eigenvalue weighted by molar-refractivity contribution is 0.381. The number of thiazole rings is 1. The van der Waals surface area contributed by atoms with Gasteiger partial charge in [0.05, 0.1) is 6.54 Å². The molecular formula is C7H15N5O4S2. The molecule has 7 N–H and O–H groups in total. The Labute approximate surface area is 109 Å². The molecule has 0 bridgehead atoms. The highest BCUT2D eigenvalue weighted by molar-refractivity contribution is 7.79. The van der Waals surface area contributed by atoms with Crippen LogP contribution < -0.4 is 16.8 Å². The van der Waals surface area contributed by atoms with Gasteiger partial charge in [-0.05, 0) is 0 Å². The van der Waals surface area contributed by atoms with E-state index in [4.69, 9.17) is 29.0 Å². The Kier molecular flexibility index (Phi) is 8.15. The first-order valence-electron chi connectivity index (χ1n) is 4.63. The number of rotatable bonds is 5. The standard InChI is InChI=1S/C7H13N5S.H2O4S/c8-7(9)12-2-1-10-5-6-11-3-4-13-6;1-5(2,3)4/h3-4,10H,1-2,5H2,(H4,8,9,12);(H2,1,2,3,4). The fourth-order valence-electron chi connectivity index (χ4n) is 0.800. The number of nitrogens with zero attached hydrogens (tertiary/aromatic N) is 2. The van der Waals surface area contributed by atoms with Crippen LogP contribution in [0.1, 0.15) is 5.01 Å². The zero-order valence-electron chi connectivity index (χ0n) is 9.35. The molecule has 1 aromatic heterocycles. The summed E-state index contributed by atoms with van der Waals surface area (Å²) in [6.45, 7) is 2.14. The van der Waals surface area contributed by atoms with Gasteiger partial charge in [-0.15, -0.1) is 11.3 Å². The van der Waals surface area contributed by atoms with Gasteiger partial charge in [0.1, 0.15) is 5.01 Å². The predicted octanol–water partition coefficient (Wildman–Crippen LogP) is -1.15. The van der Waals surface area contributed by atoms with Crippen molar-refractivity contribution in [3.63, 3.8) is 0 Å². The van der Waals surface area contributed by atoms with Crippen molar-refractivity contribution in [2.45, 2.75) is 6.54 Å². The molecule has 0 saturated heterocycles. The highest BCUT2D eigenvalue weighted by Crippen LogP contribution is 2.01. The molecule has 0 radical (unpaired) electrons. The minimum atomic E-state index is -4.67.